The van der Waals surface area contributed by atoms with Crippen LogP contribution in [0.5, 0.6) is 5.88 Å². The average molecular weight is 458 g/mol. The highest BCUT2D eigenvalue weighted by Gasteiger charge is 2.25. The molecule has 8 nitrogen and oxygen atoms in total. The first-order valence-corrected chi connectivity index (χ1v) is 10.7. The SMILES string of the molecule is COc1ncc(-c2ccc3nc(C)cc(=O)n3c2)cc1NS(=O)(=O)c1c(F)cccc1F. The normalized spacial score (nSPS) is 11.5. The van der Waals surface area contributed by atoms with Crippen LogP contribution in [0.1, 0.15) is 5.69 Å². The van der Waals surface area contributed by atoms with Crippen LogP contribution in [0.3, 0.4) is 0 Å². The molecule has 4 rings (SSSR count). The average Bonchev–Trinajstić information content (AvgIpc) is 2.73. The number of anilines is 1. The van der Waals surface area contributed by atoms with E-state index >= 15 is 0 Å². The monoisotopic (exact) mass is 458 g/mol. The summed E-state index contributed by atoms with van der Waals surface area (Å²) >= 11 is 0. The van der Waals surface area contributed by atoms with Crippen molar-refractivity contribution in [1.29, 1.82) is 0 Å². The van der Waals surface area contributed by atoms with Crippen molar-refractivity contribution in [2.75, 3.05) is 11.8 Å². The predicted molar refractivity (Wildman–Crippen MR) is 113 cm³/mol. The fraction of sp³-hybridized carbons (Fsp3) is 0.0952. The molecule has 1 aromatic carbocycles. The van der Waals surface area contributed by atoms with Gasteiger partial charge in [0.15, 0.2) is 4.90 Å². The Kier molecular flexibility index (Phi) is 5.35. The summed E-state index contributed by atoms with van der Waals surface area (Å²) in [6, 6.07) is 8.82. The van der Waals surface area contributed by atoms with Gasteiger partial charge in [0.2, 0.25) is 5.88 Å². The van der Waals surface area contributed by atoms with Gasteiger partial charge in [-0.3, -0.25) is 13.9 Å². The molecule has 0 bridgehead atoms. The molecule has 164 valence electrons. The van der Waals surface area contributed by atoms with Crippen LogP contribution in [0.25, 0.3) is 16.8 Å². The Labute approximate surface area is 181 Å². The number of rotatable bonds is 5. The van der Waals surface area contributed by atoms with Gasteiger partial charge in [-0.15, -0.1) is 0 Å². The number of nitrogens with zero attached hydrogens (tertiary/aromatic N) is 3. The zero-order chi connectivity index (χ0) is 23.0. The van der Waals surface area contributed by atoms with Gasteiger partial charge in [-0.05, 0) is 37.3 Å². The lowest BCUT2D eigenvalue weighted by molar-refractivity contribution is 0.400. The summed E-state index contributed by atoms with van der Waals surface area (Å²) < 4.78 is 62.0. The Morgan fingerprint density at radius 2 is 1.78 bits per heavy atom. The molecule has 3 aromatic heterocycles. The van der Waals surface area contributed by atoms with Crippen LogP contribution < -0.4 is 15.0 Å². The van der Waals surface area contributed by atoms with E-state index in [2.05, 4.69) is 14.7 Å². The Bertz CT molecular complexity index is 1500. The number of sulfonamides is 1. The van der Waals surface area contributed by atoms with E-state index in [1.54, 1.807) is 19.1 Å². The lowest BCUT2D eigenvalue weighted by Crippen LogP contribution is -2.17. The van der Waals surface area contributed by atoms with Gasteiger partial charge in [0.1, 0.15) is 23.0 Å². The number of hydrogen-bond donors (Lipinski definition) is 1. The largest absolute Gasteiger partial charge is 0.480 e. The number of pyridine rings is 2. The molecule has 0 unspecified atom stereocenters. The third-order valence-electron chi connectivity index (χ3n) is 4.60. The molecule has 4 aromatic rings. The highest BCUT2D eigenvalue weighted by Crippen LogP contribution is 2.31. The van der Waals surface area contributed by atoms with E-state index < -0.39 is 26.6 Å². The maximum atomic E-state index is 14.0. The van der Waals surface area contributed by atoms with E-state index in [0.717, 1.165) is 18.2 Å². The summed E-state index contributed by atoms with van der Waals surface area (Å²) in [4.78, 5) is 19.5. The van der Waals surface area contributed by atoms with Gasteiger partial charge >= 0.3 is 0 Å². The number of methoxy groups -OCH3 is 1. The van der Waals surface area contributed by atoms with Gasteiger partial charge in [0, 0.05) is 35.3 Å². The van der Waals surface area contributed by atoms with Crippen LogP contribution in [0, 0.1) is 18.6 Å². The summed E-state index contributed by atoms with van der Waals surface area (Å²) in [6.07, 6.45) is 2.94. The van der Waals surface area contributed by atoms with Crippen molar-refractivity contribution >= 4 is 21.4 Å². The van der Waals surface area contributed by atoms with Crippen molar-refractivity contribution in [2.24, 2.45) is 0 Å². The topological polar surface area (TPSA) is 103 Å². The third-order valence-corrected chi connectivity index (χ3v) is 6.01. The summed E-state index contributed by atoms with van der Waals surface area (Å²) in [6.45, 7) is 1.71. The summed E-state index contributed by atoms with van der Waals surface area (Å²) in [7, 11) is -3.37. The number of aromatic nitrogens is 3. The third kappa shape index (κ3) is 3.89. The quantitative estimate of drug-likeness (QED) is 0.493. The van der Waals surface area contributed by atoms with Crippen LogP contribution in [0.2, 0.25) is 0 Å². The standard InChI is InChI=1S/C21H16F2N4O4S/c1-12-8-19(28)27-11-13(6-7-18(27)25-12)14-9-17(21(31-2)24-10-14)26-32(29,30)20-15(22)4-3-5-16(20)23/h3-11,26H,1-2H3. The first-order valence-electron chi connectivity index (χ1n) is 9.21. The first-order chi connectivity index (χ1) is 15.2. The Hall–Kier alpha value is -3.86. The van der Waals surface area contributed by atoms with Crippen molar-refractivity contribution in [3.05, 3.63) is 82.5 Å². The zero-order valence-electron chi connectivity index (χ0n) is 16.8. The molecule has 0 aliphatic carbocycles. The fourth-order valence-electron chi connectivity index (χ4n) is 3.17. The van der Waals surface area contributed by atoms with E-state index in [0.29, 0.717) is 22.5 Å². The minimum absolute atomic E-state index is 0.107. The fourth-order valence-corrected chi connectivity index (χ4v) is 4.36. The summed E-state index contributed by atoms with van der Waals surface area (Å²) in [5, 5.41) is 0. The summed E-state index contributed by atoms with van der Waals surface area (Å²) in [5.41, 5.74) is 1.54. The molecule has 0 aliphatic heterocycles. The van der Waals surface area contributed by atoms with Crippen LogP contribution >= 0.6 is 0 Å². The highest BCUT2D eigenvalue weighted by molar-refractivity contribution is 7.92. The van der Waals surface area contributed by atoms with Gasteiger partial charge in [0.05, 0.1) is 7.11 Å². The number of halogens is 2. The number of benzene rings is 1. The van der Waals surface area contributed by atoms with E-state index in [4.69, 9.17) is 4.74 Å². The smallest absolute Gasteiger partial charge is 0.267 e. The molecular formula is C21H16F2N4O4S. The lowest BCUT2D eigenvalue weighted by atomic mass is 10.1. The maximum Gasteiger partial charge on any atom is 0.267 e. The highest BCUT2D eigenvalue weighted by atomic mass is 32.2. The minimum atomic E-state index is -4.64. The molecule has 0 fully saturated rings. The van der Waals surface area contributed by atoms with Gasteiger partial charge in [-0.25, -0.2) is 27.2 Å². The molecule has 0 spiro atoms. The first kappa shape index (κ1) is 21.4. The summed E-state index contributed by atoms with van der Waals surface area (Å²) in [5.74, 6) is -2.58. The molecule has 32 heavy (non-hydrogen) atoms. The second-order valence-electron chi connectivity index (χ2n) is 6.82. The molecule has 0 amide bonds. The van der Waals surface area contributed by atoms with Gasteiger partial charge < -0.3 is 4.74 Å². The van der Waals surface area contributed by atoms with Gasteiger partial charge in [-0.2, -0.15) is 0 Å². The van der Waals surface area contributed by atoms with Crippen LogP contribution in [-0.2, 0) is 10.0 Å². The van der Waals surface area contributed by atoms with Gasteiger partial charge in [-0.1, -0.05) is 6.07 Å². The number of fused-ring (bicyclic) bond motifs is 1. The predicted octanol–water partition coefficient (Wildman–Crippen LogP) is 3.15. The van der Waals surface area contributed by atoms with E-state index in [-0.39, 0.29) is 17.1 Å². The second-order valence-corrected chi connectivity index (χ2v) is 8.44. The van der Waals surface area contributed by atoms with Crippen molar-refractivity contribution in [3.63, 3.8) is 0 Å². The van der Waals surface area contributed by atoms with Gasteiger partial charge in [0.25, 0.3) is 15.6 Å². The van der Waals surface area contributed by atoms with Crippen molar-refractivity contribution < 1.29 is 21.9 Å². The van der Waals surface area contributed by atoms with Crippen LogP contribution in [0.4, 0.5) is 14.5 Å². The Morgan fingerprint density at radius 1 is 1.06 bits per heavy atom. The van der Waals surface area contributed by atoms with Crippen LogP contribution in [-0.4, -0.2) is 29.9 Å². The molecule has 0 atom stereocenters. The molecule has 11 heteroatoms. The van der Waals surface area contributed by atoms with Crippen LogP contribution in [0.15, 0.2) is 64.5 Å². The number of nitrogens with one attached hydrogen (secondary N) is 1. The molecule has 0 radical (unpaired) electrons. The number of hydrogen-bond acceptors (Lipinski definition) is 6. The molecule has 1 N–H and O–H groups in total. The van der Waals surface area contributed by atoms with Crippen molar-refractivity contribution in [3.8, 4) is 17.0 Å². The molecule has 3 heterocycles. The molecule has 0 saturated carbocycles. The maximum absolute atomic E-state index is 14.0. The lowest BCUT2D eigenvalue weighted by Gasteiger charge is -2.14. The number of ether oxygens (including phenoxy) is 1. The van der Waals surface area contributed by atoms with Crippen molar-refractivity contribution in [2.45, 2.75) is 11.8 Å². The zero-order valence-corrected chi connectivity index (χ0v) is 17.7. The second kappa shape index (κ2) is 8.00. The Morgan fingerprint density at radius 3 is 2.47 bits per heavy atom. The van der Waals surface area contributed by atoms with E-state index in [1.165, 1.54) is 36.0 Å². The minimum Gasteiger partial charge on any atom is -0.480 e. The molecular weight excluding hydrogens is 442 g/mol. The number of aryl methyl sites for hydroxylation is 1. The molecule has 0 aliphatic rings. The van der Waals surface area contributed by atoms with Crippen molar-refractivity contribution in [1.82, 2.24) is 14.4 Å². The molecule has 0 saturated heterocycles. The Balaban J connectivity index is 1.80. The van der Waals surface area contributed by atoms with E-state index in [9.17, 15) is 22.0 Å². The van der Waals surface area contributed by atoms with E-state index in [1.807, 2.05) is 0 Å².